The number of nitrogens with one attached hydrogen (secondary N) is 1. The number of aryl methyl sites for hydroxylation is 1. The maximum absolute atomic E-state index is 12.5. The Balaban J connectivity index is 1.53. The Morgan fingerprint density at radius 2 is 2.00 bits per heavy atom. The van der Waals surface area contributed by atoms with Gasteiger partial charge in [-0.05, 0) is 55.0 Å². The lowest BCUT2D eigenvalue weighted by atomic mass is 10.2. The SMILES string of the molecule is Cc1cc(Oc2ncccc2C#N)ccc1NC(=O)c1cc2ccccc2o1. The third kappa shape index (κ3) is 3.41. The van der Waals surface area contributed by atoms with Crippen LogP contribution >= 0.6 is 0 Å². The molecule has 4 aromatic rings. The summed E-state index contributed by atoms with van der Waals surface area (Å²) in [7, 11) is 0. The van der Waals surface area contributed by atoms with Gasteiger partial charge in [-0.3, -0.25) is 4.79 Å². The number of carbonyl (C=O) groups is 1. The molecule has 0 bridgehead atoms. The lowest BCUT2D eigenvalue weighted by Gasteiger charge is -2.10. The zero-order chi connectivity index (χ0) is 19.5. The molecule has 2 heterocycles. The van der Waals surface area contributed by atoms with Crippen molar-refractivity contribution in [3.63, 3.8) is 0 Å². The number of hydrogen-bond donors (Lipinski definition) is 1. The third-order valence-electron chi connectivity index (χ3n) is 4.20. The van der Waals surface area contributed by atoms with Crippen LogP contribution in [0.15, 0.2) is 71.3 Å². The van der Waals surface area contributed by atoms with Crippen molar-refractivity contribution in [1.29, 1.82) is 5.26 Å². The van der Waals surface area contributed by atoms with Crippen molar-refractivity contribution < 1.29 is 13.9 Å². The second-order valence-electron chi connectivity index (χ2n) is 6.15. The topological polar surface area (TPSA) is 88.1 Å². The molecule has 1 N–H and O–H groups in total. The van der Waals surface area contributed by atoms with E-state index in [0.717, 1.165) is 10.9 Å². The highest BCUT2D eigenvalue weighted by atomic mass is 16.5. The smallest absolute Gasteiger partial charge is 0.291 e. The molecule has 0 fully saturated rings. The summed E-state index contributed by atoms with van der Waals surface area (Å²) in [4.78, 5) is 16.6. The lowest BCUT2D eigenvalue weighted by Crippen LogP contribution is -2.11. The van der Waals surface area contributed by atoms with Gasteiger partial charge in [0.25, 0.3) is 5.91 Å². The average Bonchev–Trinajstić information content (AvgIpc) is 3.15. The summed E-state index contributed by atoms with van der Waals surface area (Å²) in [6.07, 6.45) is 1.56. The minimum absolute atomic E-state index is 0.239. The van der Waals surface area contributed by atoms with E-state index in [4.69, 9.17) is 14.4 Å². The Bertz CT molecular complexity index is 1190. The summed E-state index contributed by atoms with van der Waals surface area (Å²) in [6, 6.07) is 19.7. The van der Waals surface area contributed by atoms with Crippen LogP contribution in [0.25, 0.3) is 11.0 Å². The molecule has 0 spiro atoms. The molecule has 0 atom stereocenters. The zero-order valence-electron chi connectivity index (χ0n) is 15.0. The van der Waals surface area contributed by atoms with E-state index in [1.54, 1.807) is 42.6 Å². The number of ether oxygens (including phenoxy) is 1. The molecule has 0 saturated heterocycles. The van der Waals surface area contributed by atoms with E-state index in [9.17, 15) is 4.79 Å². The van der Waals surface area contributed by atoms with E-state index in [1.807, 2.05) is 37.3 Å². The molecule has 2 aromatic carbocycles. The third-order valence-corrected chi connectivity index (χ3v) is 4.20. The van der Waals surface area contributed by atoms with Gasteiger partial charge < -0.3 is 14.5 Å². The summed E-state index contributed by atoms with van der Waals surface area (Å²) in [5, 5.41) is 12.8. The molecule has 0 aliphatic carbocycles. The van der Waals surface area contributed by atoms with Crippen LogP contribution in [-0.2, 0) is 0 Å². The first-order valence-corrected chi connectivity index (χ1v) is 8.57. The van der Waals surface area contributed by atoms with E-state index in [-0.39, 0.29) is 17.5 Å². The second kappa shape index (κ2) is 7.25. The Morgan fingerprint density at radius 1 is 1.14 bits per heavy atom. The van der Waals surface area contributed by atoms with Crippen LogP contribution in [0.4, 0.5) is 5.69 Å². The number of nitriles is 1. The summed E-state index contributed by atoms with van der Waals surface area (Å²) in [5.74, 6) is 0.676. The van der Waals surface area contributed by atoms with E-state index in [2.05, 4.69) is 10.3 Å². The van der Waals surface area contributed by atoms with Crippen molar-refractivity contribution in [2.45, 2.75) is 6.92 Å². The number of rotatable bonds is 4. The van der Waals surface area contributed by atoms with E-state index >= 15 is 0 Å². The quantitative estimate of drug-likeness (QED) is 0.544. The Kier molecular flexibility index (Phi) is 4.48. The highest BCUT2D eigenvalue weighted by Gasteiger charge is 2.14. The van der Waals surface area contributed by atoms with Crippen LogP contribution in [0.1, 0.15) is 21.7 Å². The number of pyridine rings is 1. The first-order chi connectivity index (χ1) is 13.6. The van der Waals surface area contributed by atoms with Gasteiger partial charge in [0.1, 0.15) is 23.0 Å². The fraction of sp³-hybridized carbons (Fsp3) is 0.0455. The first kappa shape index (κ1) is 17.3. The highest BCUT2D eigenvalue weighted by Crippen LogP contribution is 2.27. The van der Waals surface area contributed by atoms with Crippen molar-refractivity contribution in [1.82, 2.24) is 4.98 Å². The van der Waals surface area contributed by atoms with Crippen molar-refractivity contribution in [3.8, 4) is 17.7 Å². The predicted molar refractivity (Wildman–Crippen MR) is 104 cm³/mol. The Morgan fingerprint density at radius 3 is 2.79 bits per heavy atom. The number of amides is 1. The zero-order valence-corrected chi connectivity index (χ0v) is 15.0. The van der Waals surface area contributed by atoms with Gasteiger partial charge in [0, 0.05) is 17.3 Å². The van der Waals surface area contributed by atoms with Gasteiger partial charge >= 0.3 is 0 Å². The number of nitrogens with zero attached hydrogens (tertiary/aromatic N) is 2. The number of furan rings is 1. The van der Waals surface area contributed by atoms with Gasteiger partial charge in [0.05, 0.1) is 0 Å². The molecule has 6 nitrogen and oxygen atoms in total. The van der Waals surface area contributed by atoms with Crippen molar-refractivity contribution in [2.24, 2.45) is 0 Å². The normalized spacial score (nSPS) is 10.4. The minimum Gasteiger partial charge on any atom is -0.451 e. The molecule has 136 valence electrons. The van der Waals surface area contributed by atoms with Crippen molar-refractivity contribution in [2.75, 3.05) is 5.32 Å². The van der Waals surface area contributed by atoms with Gasteiger partial charge in [-0.25, -0.2) is 4.98 Å². The molecule has 0 aliphatic rings. The predicted octanol–water partition coefficient (Wildman–Crippen LogP) is 5.05. The highest BCUT2D eigenvalue weighted by molar-refractivity contribution is 6.05. The van der Waals surface area contributed by atoms with Crippen LogP contribution in [0.3, 0.4) is 0 Å². The molecule has 6 heteroatoms. The summed E-state index contributed by atoms with van der Waals surface area (Å²) in [6.45, 7) is 1.85. The average molecular weight is 369 g/mol. The minimum atomic E-state index is -0.329. The molecule has 0 aliphatic heterocycles. The number of fused-ring (bicyclic) bond motifs is 1. The molecular weight excluding hydrogens is 354 g/mol. The molecular formula is C22H15N3O3. The molecule has 2 aromatic heterocycles. The standard InChI is InChI=1S/C22H15N3O3/c1-14-11-17(27-22-16(13-23)6-4-10-24-22)8-9-18(14)25-21(26)20-12-15-5-2-3-7-19(15)28-20/h2-12H,1H3,(H,25,26). The summed E-state index contributed by atoms with van der Waals surface area (Å²) < 4.78 is 11.3. The first-order valence-electron chi connectivity index (χ1n) is 8.57. The lowest BCUT2D eigenvalue weighted by molar-refractivity contribution is 0.0998. The number of para-hydroxylation sites is 1. The van der Waals surface area contributed by atoms with Gasteiger partial charge in [-0.2, -0.15) is 5.26 Å². The molecule has 0 unspecified atom stereocenters. The molecule has 0 saturated carbocycles. The number of benzene rings is 2. The maximum atomic E-state index is 12.5. The Labute approximate surface area is 161 Å². The molecule has 4 rings (SSSR count). The van der Waals surface area contributed by atoms with Gasteiger partial charge in [-0.15, -0.1) is 0 Å². The van der Waals surface area contributed by atoms with Crippen LogP contribution in [0.5, 0.6) is 11.6 Å². The maximum Gasteiger partial charge on any atom is 0.291 e. The van der Waals surface area contributed by atoms with Crippen LogP contribution < -0.4 is 10.1 Å². The van der Waals surface area contributed by atoms with Crippen LogP contribution in [0, 0.1) is 18.3 Å². The van der Waals surface area contributed by atoms with E-state index in [0.29, 0.717) is 22.6 Å². The largest absolute Gasteiger partial charge is 0.451 e. The number of anilines is 1. The van der Waals surface area contributed by atoms with Crippen molar-refractivity contribution >= 4 is 22.6 Å². The van der Waals surface area contributed by atoms with Crippen LogP contribution in [0.2, 0.25) is 0 Å². The number of carbonyl (C=O) groups excluding carboxylic acids is 1. The van der Waals surface area contributed by atoms with Gasteiger partial charge in [0.2, 0.25) is 5.88 Å². The van der Waals surface area contributed by atoms with E-state index in [1.165, 1.54) is 0 Å². The fourth-order valence-corrected chi connectivity index (χ4v) is 2.79. The second-order valence-corrected chi connectivity index (χ2v) is 6.15. The Hall–Kier alpha value is -4.11. The molecule has 28 heavy (non-hydrogen) atoms. The summed E-state index contributed by atoms with van der Waals surface area (Å²) >= 11 is 0. The molecule has 1 amide bonds. The van der Waals surface area contributed by atoms with E-state index < -0.39 is 0 Å². The van der Waals surface area contributed by atoms with Crippen molar-refractivity contribution in [3.05, 3.63) is 83.7 Å². The van der Waals surface area contributed by atoms with Crippen LogP contribution in [-0.4, -0.2) is 10.9 Å². The molecule has 0 radical (unpaired) electrons. The summed E-state index contributed by atoms with van der Waals surface area (Å²) in [5.41, 5.74) is 2.45. The fourth-order valence-electron chi connectivity index (χ4n) is 2.79. The number of hydrogen-bond acceptors (Lipinski definition) is 5. The monoisotopic (exact) mass is 369 g/mol. The van der Waals surface area contributed by atoms with Gasteiger partial charge in [0.15, 0.2) is 5.76 Å². The number of aromatic nitrogens is 1. The van der Waals surface area contributed by atoms with Gasteiger partial charge in [-0.1, -0.05) is 18.2 Å².